The van der Waals surface area contributed by atoms with Crippen LogP contribution in [0.4, 0.5) is 5.00 Å². The van der Waals surface area contributed by atoms with E-state index in [1.165, 1.54) is 0 Å². The van der Waals surface area contributed by atoms with Crippen LogP contribution in [0, 0.1) is 13.8 Å². The molecule has 4 rings (SSSR count). The lowest BCUT2D eigenvalue weighted by atomic mass is 10.1. The quantitative estimate of drug-likeness (QED) is 0.155. The highest BCUT2D eigenvalue weighted by atomic mass is 32.2. The molecule has 44 heavy (non-hydrogen) atoms. The second-order valence-corrected chi connectivity index (χ2v) is 11.5. The molecule has 0 aliphatic rings. The Morgan fingerprint density at radius 3 is 2.34 bits per heavy atom. The van der Waals surface area contributed by atoms with Gasteiger partial charge in [0, 0.05) is 5.69 Å². The molecular formula is C31H33N5O6S2. The fraction of sp³-hybridized carbons (Fsp3) is 0.290. The van der Waals surface area contributed by atoms with Crippen LogP contribution in [0.1, 0.15) is 56.4 Å². The zero-order valence-corrected chi connectivity index (χ0v) is 26.5. The number of thioether (sulfide) groups is 1. The van der Waals surface area contributed by atoms with E-state index in [0.29, 0.717) is 16.5 Å². The van der Waals surface area contributed by atoms with Crippen LogP contribution in [0.3, 0.4) is 0 Å². The number of hydrogen-bond donors (Lipinski definition) is 2. The van der Waals surface area contributed by atoms with Crippen molar-refractivity contribution in [3.63, 3.8) is 0 Å². The molecule has 0 saturated carbocycles. The molecule has 0 spiro atoms. The number of nitrogens with zero attached hydrogens (tertiary/aromatic N) is 3. The van der Waals surface area contributed by atoms with Gasteiger partial charge in [-0.15, -0.1) is 21.5 Å². The van der Waals surface area contributed by atoms with Crippen molar-refractivity contribution in [3.05, 3.63) is 87.6 Å². The normalized spacial score (nSPS) is 10.7. The summed E-state index contributed by atoms with van der Waals surface area (Å²) >= 11 is 2.11. The van der Waals surface area contributed by atoms with E-state index < -0.39 is 17.8 Å². The predicted molar refractivity (Wildman–Crippen MR) is 168 cm³/mol. The number of carbonyl (C=O) groups excluding carboxylic acids is 4. The van der Waals surface area contributed by atoms with Crippen LogP contribution in [0.15, 0.2) is 59.8 Å². The smallest absolute Gasteiger partial charge is 0.348 e. The number of amides is 2. The Morgan fingerprint density at radius 2 is 1.64 bits per heavy atom. The van der Waals surface area contributed by atoms with E-state index in [0.717, 1.165) is 39.9 Å². The Bertz CT molecular complexity index is 1650. The van der Waals surface area contributed by atoms with E-state index in [-0.39, 0.29) is 53.3 Å². The first kappa shape index (κ1) is 32.4. The molecule has 2 aromatic heterocycles. The molecule has 230 valence electrons. The van der Waals surface area contributed by atoms with Crippen molar-refractivity contribution in [2.75, 3.05) is 24.3 Å². The molecule has 0 aliphatic heterocycles. The lowest BCUT2D eigenvalue weighted by Gasteiger charge is -2.12. The summed E-state index contributed by atoms with van der Waals surface area (Å²) in [4.78, 5) is 51.1. The van der Waals surface area contributed by atoms with Gasteiger partial charge in [0.1, 0.15) is 9.88 Å². The van der Waals surface area contributed by atoms with Crippen molar-refractivity contribution >= 4 is 51.9 Å². The molecule has 2 aromatic carbocycles. The standard InChI is InChI=1S/C31H33N5O6S2/c1-5-41-29(39)26-20(4)27(30(40)42-6-2)44-28(26)33-25(38)18-43-31-35-34-23(36(31)22-14-10-11-19(3)15-22)17-32-24(37)16-21-12-8-7-9-13-21/h7-15H,5-6,16-18H2,1-4H3,(H,32,37)(H,33,38). The molecule has 0 aliphatic carbocycles. The van der Waals surface area contributed by atoms with Crippen molar-refractivity contribution in [1.29, 1.82) is 0 Å². The summed E-state index contributed by atoms with van der Waals surface area (Å²) in [6.45, 7) is 7.38. The largest absolute Gasteiger partial charge is 0.462 e. The number of aromatic nitrogens is 3. The third kappa shape index (κ3) is 8.11. The Kier molecular flexibility index (Phi) is 11.3. The molecule has 2 N–H and O–H groups in total. The first-order valence-electron chi connectivity index (χ1n) is 13.9. The van der Waals surface area contributed by atoms with Gasteiger partial charge in [-0.05, 0) is 56.5 Å². The minimum absolute atomic E-state index is 0.0712. The lowest BCUT2D eigenvalue weighted by Crippen LogP contribution is -2.26. The Labute approximate surface area is 263 Å². The SMILES string of the molecule is CCOC(=O)c1sc(NC(=O)CSc2nnc(CNC(=O)Cc3ccccc3)n2-c2cccc(C)c2)c(C(=O)OCC)c1C. The van der Waals surface area contributed by atoms with Crippen molar-refractivity contribution in [1.82, 2.24) is 20.1 Å². The number of rotatable bonds is 13. The van der Waals surface area contributed by atoms with Crippen LogP contribution >= 0.6 is 23.1 Å². The number of aryl methyl sites for hydroxylation is 1. The lowest BCUT2D eigenvalue weighted by molar-refractivity contribution is -0.120. The molecule has 13 heteroatoms. The van der Waals surface area contributed by atoms with Gasteiger partial charge in [0.05, 0.1) is 37.5 Å². The summed E-state index contributed by atoms with van der Waals surface area (Å²) in [6.07, 6.45) is 0.231. The highest BCUT2D eigenvalue weighted by molar-refractivity contribution is 7.99. The van der Waals surface area contributed by atoms with Gasteiger partial charge < -0.3 is 20.1 Å². The minimum Gasteiger partial charge on any atom is -0.462 e. The molecule has 0 unspecified atom stereocenters. The van der Waals surface area contributed by atoms with Crippen LogP contribution in [-0.4, -0.2) is 57.5 Å². The fourth-order valence-electron chi connectivity index (χ4n) is 4.29. The summed E-state index contributed by atoms with van der Waals surface area (Å²) in [5.74, 6) is -1.37. The van der Waals surface area contributed by atoms with Crippen LogP contribution in [0.25, 0.3) is 5.69 Å². The third-order valence-corrected chi connectivity index (χ3v) is 8.40. The monoisotopic (exact) mass is 635 g/mol. The first-order chi connectivity index (χ1) is 21.2. The van der Waals surface area contributed by atoms with Gasteiger partial charge in [-0.3, -0.25) is 14.2 Å². The van der Waals surface area contributed by atoms with E-state index in [2.05, 4.69) is 20.8 Å². The molecular weight excluding hydrogens is 603 g/mol. The highest BCUT2D eigenvalue weighted by Crippen LogP contribution is 2.34. The number of ether oxygens (including phenoxy) is 2. The average molecular weight is 636 g/mol. The highest BCUT2D eigenvalue weighted by Gasteiger charge is 2.27. The van der Waals surface area contributed by atoms with Gasteiger partial charge in [-0.2, -0.15) is 0 Å². The van der Waals surface area contributed by atoms with E-state index in [1.54, 1.807) is 25.3 Å². The van der Waals surface area contributed by atoms with Gasteiger partial charge in [-0.25, -0.2) is 9.59 Å². The molecule has 0 saturated heterocycles. The van der Waals surface area contributed by atoms with Gasteiger partial charge in [0.15, 0.2) is 11.0 Å². The summed E-state index contributed by atoms with van der Waals surface area (Å²) in [5, 5.41) is 14.9. The Morgan fingerprint density at radius 1 is 0.909 bits per heavy atom. The van der Waals surface area contributed by atoms with Gasteiger partial charge in [0.2, 0.25) is 11.8 Å². The van der Waals surface area contributed by atoms with Gasteiger partial charge in [-0.1, -0.05) is 54.2 Å². The summed E-state index contributed by atoms with van der Waals surface area (Å²) in [5.41, 5.74) is 3.19. The molecule has 0 atom stereocenters. The number of esters is 2. The van der Waals surface area contributed by atoms with Crippen molar-refractivity contribution < 1.29 is 28.7 Å². The van der Waals surface area contributed by atoms with E-state index in [4.69, 9.17) is 9.47 Å². The van der Waals surface area contributed by atoms with Crippen LogP contribution in [0.2, 0.25) is 0 Å². The second kappa shape index (κ2) is 15.3. The molecule has 11 nitrogen and oxygen atoms in total. The minimum atomic E-state index is -0.641. The second-order valence-electron chi connectivity index (χ2n) is 9.55. The summed E-state index contributed by atoms with van der Waals surface area (Å²) in [6, 6.07) is 17.2. The zero-order valence-electron chi connectivity index (χ0n) is 24.8. The predicted octanol–water partition coefficient (Wildman–Crippen LogP) is 4.89. The van der Waals surface area contributed by atoms with Crippen LogP contribution < -0.4 is 10.6 Å². The van der Waals surface area contributed by atoms with E-state index in [9.17, 15) is 19.2 Å². The molecule has 0 radical (unpaired) electrons. The van der Waals surface area contributed by atoms with Crippen molar-refractivity contribution in [2.45, 2.75) is 45.8 Å². The topological polar surface area (TPSA) is 142 Å². The molecule has 0 fully saturated rings. The van der Waals surface area contributed by atoms with Crippen molar-refractivity contribution in [2.24, 2.45) is 0 Å². The zero-order chi connectivity index (χ0) is 31.6. The van der Waals surface area contributed by atoms with Crippen molar-refractivity contribution in [3.8, 4) is 5.69 Å². The number of carbonyl (C=O) groups is 4. The molecule has 0 bridgehead atoms. The van der Waals surface area contributed by atoms with Crippen LogP contribution in [-0.2, 0) is 32.0 Å². The Hall–Kier alpha value is -4.49. The third-order valence-electron chi connectivity index (χ3n) is 6.28. The van der Waals surface area contributed by atoms with E-state index in [1.807, 2.05) is 61.5 Å². The molecule has 4 aromatic rings. The summed E-state index contributed by atoms with van der Waals surface area (Å²) in [7, 11) is 0. The Balaban J connectivity index is 1.52. The molecule has 2 heterocycles. The number of benzene rings is 2. The maximum Gasteiger partial charge on any atom is 0.348 e. The number of nitrogens with one attached hydrogen (secondary N) is 2. The first-order valence-corrected chi connectivity index (χ1v) is 15.7. The van der Waals surface area contributed by atoms with Crippen LogP contribution in [0.5, 0.6) is 0 Å². The van der Waals surface area contributed by atoms with E-state index >= 15 is 0 Å². The number of thiophene rings is 1. The number of hydrogen-bond acceptors (Lipinski definition) is 10. The average Bonchev–Trinajstić information content (AvgIpc) is 3.56. The maximum absolute atomic E-state index is 13.1. The number of anilines is 1. The van der Waals surface area contributed by atoms with Gasteiger partial charge in [0.25, 0.3) is 0 Å². The summed E-state index contributed by atoms with van der Waals surface area (Å²) < 4.78 is 12.1. The molecule has 2 amide bonds. The maximum atomic E-state index is 13.1. The van der Waals surface area contributed by atoms with Gasteiger partial charge >= 0.3 is 11.9 Å². The fourth-order valence-corrected chi connectivity index (χ4v) is 6.17.